The standard InChI is InChI=1S/C14H19BrN2S/c1-9(14(2,3)4)8-16-13-17-11-7-10(15)5-6-12(11)18-13/h5-7,9H,8H2,1-4H3,(H,16,17). The number of anilines is 1. The van der Waals surface area contributed by atoms with E-state index in [2.05, 4.69) is 72.1 Å². The van der Waals surface area contributed by atoms with E-state index in [1.807, 2.05) is 0 Å². The van der Waals surface area contributed by atoms with Gasteiger partial charge in [0, 0.05) is 11.0 Å². The number of halogens is 1. The second-order valence-corrected chi connectivity index (χ2v) is 7.73. The van der Waals surface area contributed by atoms with Gasteiger partial charge in [-0.1, -0.05) is 55.0 Å². The quantitative estimate of drug-likeness (QED) is 0.843. The number of hydrogen-bond acceptors (Lipinski definition) is 3. The molecule has 0 spiro atoms. The molecule has 0 saturated carbocycles. The SMILES string of the molecule is CC(CNc1nc2cc(Br)ccc2s1)C(C)(C)C. The fourth-order valence-corrected chi connectivity index (χ4v) is 2.72. The van der Waals surface area contributed by atoms with E-state index >= 15 is 0 Å². The number of thiazole rings is 1. The summed E-state index contributed by atoms with van der Waals surface area (Å²) in [7, 11) is 0. The molecule has 0 aliphatic carbocycles. The highest BCUT2D eigenvalue weighted by Crippen LogP contribution is 2.30. The molecule has 0 fully saturated rings. The maximum absolute atomic E-state index is 4.60. The minimum absolute atomic E-state index is 0.326. The maximum atomic E-state index is 4.60. The Balaban J connectivity index is 2.09. The summed E-state index contributed by atoms with van der Waals surface area (Å²) in [5, 5.41) is 4.47. The van der Waals surface area contributed by atoms with Gasteiger partial charge in [-0.3, -0.25) is 0 Å². The summed E-state index contributed by atoms with van der Waals surface area (Å²) in [4.78, 5) is 4.60. The van der Waals surface area contributed by atoms with Crippen LogP contribution in [0.4, 0.5) is 5.13 Å². The third-order valence-corrected chi connectivity index (χ3v) is 4.87. The van der Waals surface area contributed by atoms with Gasteiger partial charge in [0.1, 0.15) is 0 Å². The molecule has 0 amide bonds. The highest BCUT2D eigenvalue weighted by atomic mass is 79.9. The van der Waals surface area contributed by atoms with Crippen molar-refractivity contribution in [1.82, 2.24) is 4.98 Å². The van der Waals surface area contributed by atoms with Crippen LogP contribution in [0.3, 0.4) is 0 Å². The lowest BCUT2D eigenvalue weighted by atomic mass is 9.82. The van der Waals surface area contributed by atoms with Crippen LogP contribution < -0.4 is 5.32 Å². The van der Waals surface area contributed by atoms with Crippen LogP contribution in [0.25, 0.3) is 10.2 Å². The minimum Gasteiger partial charge on any atom is -0.361 e. The molecule has 0 saturated heterocycles. The van der Waals surface area contributed by atoms with Crippen LogP contribution in [0, 0.1) is 11.3 Å². The molecule has 1 N–H and O–H groups in total. The van der Waals surface area contributed by atoms with Gasteiger partial charge in [-0.2, -0.15) is 0 Å². The molecule has 2 rings (SSSR count). The Hall–Kier alpha value is -0.610. The van der Waals surface area contributed by atoms with Crippen molar-refractivity contribution in [3.05, 3.63) is 22.7 Å². The van der Waals surface area contributed by atoms with Crippen LogP contribution in [0.1, 0.15) is 27.7 Å². The van der Waals surface area contributed by atoms with E-state index in [4.69, 9.17) is 0 Å². The topological polar surface area (TPSA) is 24.9 Å². The van der Waals surface area contributed by atoms with Crippen molar-refractivity contribution in [3.8, 4) is 0 Å². The number of nitrogens with zero attached hydrogens (tertiary/aromatic N) is 1. The zero-order valence-electron chi connectivity index (χ0n) is 11.2. The zero-order valence-corrected chi connectivity index (χ0v) is 13.7. The molecule has 18 heavy (non-hydrogen) atoms. The van der Waals surface area contributed by atoms with E-state index in [0.717, 1.165) is 21.7 Å². The Morgan fingerprint density at radius 2 is 2.11 bits per heavy atom. The van der Waals surface area contributed by atoms with Crippen LogP contribution >= 0.6 is 27.3 Å². The first-order chi connectivity index (χ1) is 8.36. The molecule has 98 valence electrons. The van der Waals surface area contributed by atoms with E-state index in [-0.39, 0.29) is 0 Å². The Labute approximate surface area is 121 Å². The highest BCUT2D eigenvalue weighted by molar-refractivity contribution is 9.10. The van der Waals surface area contributed by atoms with Gasteiger partial charge < -0.3 is 5.32 Å². The monoisotopic (exact) mass is 326 g/mol. The second kappa shape index (κ2) is 5.17. The average Bonchev–Trinajstić information content (AvgIpc) is 2.66. The van der Waals surface area contributed by atoms with Crippen LogP contribution in [-0.4, -0.2) is 11.5 Å². The molecule has 0 bridgehead atoms. The normalized spacial score (nSPS) is 13.8. The van der Waals surface area contributed by atoms with Crippen LogP contribution in [0.5, 0.6) is 0 Å². The Morgan fingerprint density at radius 3 is 2.78 bits per heavy atom. The van der Waals surface area contributed by atoms with Crippen LogP contribution in [0.2, 0.25) is 0 Å². The molecule has 4 heteroatoms. The molecular formula is C14H19BrN2S. The van der Waals surface area contributed by atoms with Gasteiger partial charge in [-0.25, -0.2) is 4.98 Å². The summed E-state index contributed by atoms with van der Waals surface area (Å²) in [6, 6.07) is 6.22. The summed E-state index contributed by atoms with van der Waals surface area (Å²) in [5.41, 5.74) is 1.38. The fraction of sp³-hybridized carbons (Fsp3) is 0.500. The number of fused-ring (bicyclic) bond motifs is 1. The first kappa shape index (κ1) is 13.8. The number of benzene rings is 1. The number of hydrogen-bond donors (Lipinski definition) is 1. The molecule has 2 nitrogen and oxygen atoms in total. The third-order valence-electron chi connectivity index (χ3n) is 3.39. The van der Waals surface area contributed by atoms with Crippen molar-refractivity contribution < 1.29 is 0 Å². The second-order valence-electron chi connectivity index (χ2n) is 5.78. The lowest BCUT2D eigenvalue weighted by molar-refractivity contribution is 0.274. The van der Waals surface area contributed by atoms with Crippen LogP contribution in [0.15, 0.2) is 22.7 Å². The van der Waals surface area contributed by atoms with Gasteiger partial charge in [0.15, 0.2) is 5.13 Å². The number of aromatic nitrogens is 1. The van der Waals surface area contributed by atoms with Crippen molar-refractivity contribution in [3.63, 3.8) is 0 Å². The van der Waals surface area contributed by atoms with Gasteiger partial charge in [-0.15, -0.1) is 0 Å². The molecule has 1 atom stereocenters. The van der Waals surface area contributed by atoms with E-state index < -0.39 is 0 Å². The third kappa shape index (κ3) is 3.23. The summed E-state index contributed by atoms with van der Waals surface area (Å²) < 4.78 is 2.30. The Morgan fingerprint density at radius 1 is 1.39 bits per heavy atom. The lowest BCUT2D eigenvalue weighted by Crippen LogP contribution is -2.24. The maximum Gasteiger partial charge on any atom is 0.183 e. The Bertz CT molecular complexity index is 542. The summed E-state index contributed by atoms with van der Waals surface area (Å²) in [5.74, 6) is 0.608. The summed E-state index contributed by atoms with van der Waals surface area (Å²) >= 11 is 5.19. The smallest absolute Gasteiger partial charge is 0.183 e. The van der Waals surface area contributed by atoms with E-state index in [1.165, 1.54) is 4.70 Å². The molecule has 1 aromatic carbocycles. The molecule has 0 radical (unpaired) electrons. The fourth-order valence-electron chi connectivity index (χ4n) is 1.52. The highest BCUT2D eigenvalue weighted by Gasteiger charge is 2.19. The van der Waals surface area contributed by atoms with Crippen LogP contribution in [-0.2, 0) is 0 Å². The predicted molar refractivity (Wildman–Crippen MR) is 84.4 cm³/mol. The first-order valence-electron chi connectivity index (χ1n) is 6.16. The van der Waals surface area contributed by atoms with E-state index in [0.29, 0.717) is 11.3 Å². The molecular weight excluding hydrogens is 308 g/mol. The van der Waals surface area contributed by atoms with Crippen molar-refractivity contribution in [2.75, 3.05) is 11.9 Å². The average molecular weight is 327 g/mol. The lowest BCUT2D eigenvalue weighted by Gasteiger charge is -2.27. The zero-order chi connectivity index (χ0) is 13.3. The van der Waals surface area contributed by atoms with Crippen molar-refractivity contribution in [1.29, 1.82) is 0 Å². The van der Waals surface area contributed by atoms with Gasteiger partial charge in [0.05, 0.1) is 10.2 Å². The first-order valence-corrected chi connectivity index (χ1v) is 7.77. The van der Waals surface area contributed by atoms with Gasteiger partial charge in [-0.05, 0) is 29.5 Å². The summed E-state index contributed by atoms with van der Waals surface area (Å²) in [6.45, 7) is 10.1. The minimum atomic E-state index is 0.326. The predicted octanol–water partition coefficient (Wildman–Crippen LogP) is 5.15. The van der Waals surface area contributed by atoms with Gasteiger partial charge in [0.2, 0.25) is 0 Å². The van der Waals surface area contributed by atoms with Gasteiger partial charge in [0.25, 0.3) is 0 Å². The molecule has 0 aliphatic rings. The molecule has 1 aromatic heterocycles. The molecule has 1 heterocycles. The molecule has 0 aliphatic heterocycles. The summed E-state index contributed by atoms with van der Waals surface area (Å²) in [6.07, 6.45) is 0. The largest absolute Gasteiger partial charge is 0.361 e. The molecule has 1 unspecified atom stereocenters. The molecule has 2 aromatic rings. The number of nitrogens with one attached hydrogen (secondary N) is 1. The van der Waals surface area contributed by atoms with Crippen molar-refractivity contribution in [2.45, 2.75) is 27.7 Å². The van der Waals surface area contributed by atoms with Crippen molar-refractivity contribution >= 4 is 42.6 Å². The van der Waals surface area contributed by atoms with Crippen molar-refractivity contribution in [2.24, 2.45) is 11.3 Å². The number of rotatable bonds is 3. The Kier molecular flexibility index (Phi) is 3.97. The van der Waals surface area contributed by atoms with E-state index in [1.54, 1.807) is 11.3 Å². The van der Waals surface area contributed by atoms with E-state index in [9.17, 15) is 0 Å². The van der Waals surface area contributed by atoms with Gasteiger partial charge >= 0.3 is 0 Å².